The van der Waals surface area contributed by atoms with Crippen LogP contribution in [0.5, 0.6) is 0 Å². The van der Waals surface area contributed by atoms with E-state index in [2.05, 4.69) is 10.3 Å². The molecule has 1 aromatic heterocycles. The summed E-state index contributed by atoms with van der Waals surface area (Å²) >= 11 is 5.65. The van der Waals surface area contributed by atoms with Gasteiger partial charge < -0.3 is 14.5 Å². The van der Waals surface area contributed by atoms with Crippen LogP contribution in [0.15, 0.2) is 22.6 Å². The van der Waals surface area contributed by atoms with Crippen LogP contribution in [0.3, 0.4) is 0 Å². The van der Waals surface area contributed by atoms with Crippen LogP contribution in [0.4, 0.5) is 0 Å². The molecule has 1 amide bonds. The highest BCUT2D eigenvalue weighted by Gasteiger charge is 2.12. The number of amides is 1. The number of aromatic nitrogens is 1. The minimum absolute atomic E-state index is 0.0564. The van der Waals surface area contributed by atoms with Gasteiger partial charge in [0, 0.05) is 18.7 Å². The molecule has 1 aromatic carbocycles. The Kier molecular flexibility index (Phi) is 3.84. The molecule has 0 bridgehead atoms. The molecule has 2 rings (SSSR count). The van der Waals surface area contributed by atoms with Gasteiger partial charge in [-0.25, -0.2) is 0 Å². The molecule has 18 heavy (non-hydrogen) atoms. The fourth-order valence-corrected chi connectivity index (χ4v) is 1.81. The molecule has 1 atom stereocenters. The fraction of sp³-hybridized carbons (Fsp3) is 0.333. The molecule has 6 heteroatoms. The summed E-state index contributed by atoms with van der Waals surface area (Å²) in [7, 11) is 1.59. The van der Waals surface area contributed by atoms with Gasteiger partial charge in [0.2, 0.25) is 0 Å². The van der Waals surface area contributed by atoms with Gasteiger partial charge in [0.15, 0.2) is 5.58 Å². The van der Waals surface area contributed by atoms with E-state index in [-0.39, 0.29) is 17.3 Å². The van der Waals surface area contributed by atoms with Gasteiger partial charge in [-0.15, -0.1) is 0 Å². The number of benzene rings is 1. The number of methoxy groups -OCH3 is 1. The molecule has 1 N–H and O–H groups in total. The van der Waals surface area contributed by atoms with E-state index in [4.69, 9.17) is 20.8 Å². The van der Waals surface area contributed by atoms with Gasteiger partial charge in [0.1, 0.15) is 5.52 Å². The number of carbonyl (C=O) groups excluding carboxylic acids is 1. The summed E-state index contributed by atoms with van der Waals surface area (Å²) in [6.07, 6.45) is 0. The number of oxazole rings is 1. The van der Waals surface area contributed by atoms with Crippen molar-refractivity contribution in [2.24, 2.45) is 0 Å². The van der Waals surface area contributed by atoms with Crippen molar-refractivity contribution in [2.75, 3.05) is 13.7 Å². The molecule has 96 valence electrons. The maximum absolute atomic E-state index is 11.9. The largest absolute Gasteiger partial charge is 0.428 e. The third-order valence-corrected chi connectivity index (χ3v) is 2.58. The Bertz CT molecular complexity index is 567. The van der Waals surface area contributed by atoms with Crippen LogP contribution < -0.4 is 5.32 Å². The second-order valence-electron chi connectivity index (χ2n) is 3.98. The lowest BCUT2D eigenvalue weighted by atomic mass is 10.2. The van der Waals surface area contributed by atoms with Crippen molar-refractivity contribution in [3.05, 3.63) is 29.1 Å². The summed E-state index contributed by atoms with van der Waals surface area (Å²) in [5.74, 6) is -0.180. The Morgan fingerprint density at radius 1 is 1.61 bits per heavy atom. The van der Waals surface area contributed by atoms with Crippen LogP contribution in [-0.2, 0) is 4.74 Å². The standard InChI is InChI=1S/C12H13ClN2O3/c1-7(6-17-2)14-11(16)8-3-4-10-9(5-8)15-12(13)18-10/h3-5,7H,6H2,1-2H3,(H,14,16)/t7-/m1/s1. The van der Waals surface area contributed by atoms with Gasteiger partial charge in [-0.05, 0) is 36.7 Å². The van der Waals surface area contributed by atoms with Gasteiger partial charge >= 0.3 is 0 Å². The molecule has 0 fully saturated rings. The molecule has 2 aromatic rings. The number of rotatable bonds is 4. The first-order valence-electron chi connectivity index (χ1n) is 5.46. The Morgan fingerprint density at radius 2 is 2.39 bits per heavy atom. The summed E-state index contributed by atoms with van der Waals surface area (Å²) in [5.41, 5.74) is 1.63. The molecule has 0 spiro atoms. The molecule has 0 aliphatic heterocycles. The first-order valence-corrected chi connectivity index (χ1v) is 5.84. The first kappa shape index (κ1) is 12.9. The van der Waals surface area contributed by atoms with Gasteiger partial charge in [-0.3, -0.25) is 4.79 Å². The highest BCUT2D eigenvalue weighted by atomic mass is 35.5. The van der Waals surface area contributed by atoms with Gasteiger partial charge in [-0.1, -0.05) is 0 Å². The predicted molar refractivity (Wildman–Crippen MR) is 67.8 cm³/mol. The lowest BCUT2D eigenvalue weighted by Crippen LogP contribution is -2.35. The number of hydrogen-bond acceptors (Lipinski definition) is 4. The van der Waals surface area contributed by atoms with Crippen LogP contribution >= 0.6 is 11.6 Å². The van der Waals surface area contributed by atoms with Gasteiger partial charge in [0.05, 0.1) is 6.61 Å². The zero-order valence-corrected chi connectivity index (χ0v) is 10.8. The van der Waals surface area contributed by atoms with Crippen LogP contribution in [0.1, 0.15) is 17.3 Å². The maximum Gasteiger partial charge on any atom is 0.293 e. The molecule has 0 radical (unpaired) electrons. The van der Waals surface area contributed by atoms with Crippen molar-refractivity contribution in [2.45, 2.75) is 13.0 Å². The molecule has 1 heterocycles. The SMILES string of the molecule is COC[C@@H](C)NC(=O)c1ccc2oc(Cl)nc2c1. The van der Waals surface area contributed by atoms with Crippen LogP contribution in [0, 0.1) is 0 Å². The lowest BCUT2D eigenvalue weighted by molar-refractivity contribution is 0.0905. The molecular formula is C12H13ClN2O3. The van der Waals surface area contributed by atoms with E-state index in [1.165, 1.54) is 0 Å². The number of halogens is 1. The normalized spacial score (nSPS) is 12.6. The summed E-state index contributed by atoms with van der Waals surface area (Å²) in [6, 6.07) is 4.92. The maximum atomic E-state index is 11.9. The zero-order chi connectivity index (χ0) is 13.1. The van der Waals surface area contributed by atoms with E-state index < -0.39 is 0 Å². The Morgan fingerprint density at radius 3 is 3.11 bits per heavy atom. The zero-order valence-electron chi connectivity index (χ0n) is 10.1. The quantitative estimate of drug-likeness (QED) is 0.924. The second kappa shape index (κ2) is 5.37. The number of nitrogens with one attached hydrogen (secondary N) is 1. The minimum atomic E-state index is -0.180. The number of carbonyl (C=O) groups is 1. The van der Waals surface area contributed by atoms with Crippen molar-refractivity contribution in [1.82, 2.24) is 10.3 Å². The number of hydrogen-bond donors (Lipinski definition) is 1. The summed E-state index contributed by atoms with van der Waals surface area (Å²) in [4.78, 5) is 15.9. The summed E-state index contributed by atoms with van der Waals surface area (Å²) in [6.45, 7) is 2.33. The Labute approximate surface area is 109 Å². The van der Waals surface area contributed by atoms with E-state index in [0.717, 1.165) is 0 Å². The summed E-state index contributed by atoms with van der Waals surface area (Å²) in [5, 5.41) is 2.88. The lowest BCUT2D eigenvalue weighted by Gasteiger charge is -2.12. The van der Waals surface area contributed by atoms with Crippen molar-refractivity contribution in [1.29, 1.82) is 0 Å². The minimum Gasteiger partial charge on any atom is -0.428 e. The van der Waals surface area contributed by atoms with Gasteiger partial charge in [-0.2, -0.15) is 4.98 Å². The Balaban J connectivity index is 2.17. The van der Waals surface area contributed by atoms with E-state index in [1.807, 2.05) is 6.92 Å². The van der Waals surface area contributed by atoms with E-state index in [9.17, 15) is 4.79 Å². The molecule has 5 nitrogen and oxygen atoms in total. The van der Waals surface area contributed by atoms with Crippen molar-refractivity contribution in [3.63, 3.8) is 0 Å². The van der Waals surface area contributed by atoms with E-state index in [0.29, 0.717) is 23.3 Å². The molecule has 0 unspecified atom stereocenters. The van der Waals surface area contributed by atoms with Crippen LogP contribution in [0.2, 0.25) is 5.35 Å². The number of nitrogens with zero attached hydrogens (tertiary/aromatic N) is 1. The van der Waals surface area contributed by atoms with Crippen molar-refractivity contribution < 1.29 is 13.9 Å². The van der Waals surface area contributed by atoms with E-state index in [1.54, 1.807) is 25.3 Å². The Hall–Kier alpha value is -1.59. The summed E-state index contributed by atoms with van der Waals surface area (Å²) < 4.78 is 10.1. The number of ether oxygens (including phenoxy) is 1. The molecule has 0 aliphatic rings. The highest BCUT2D eigenvalue weighted by molar-refractivity contribution is 6.28. The second-order valence-corrected chi connectivity index (χ2v) is 4.30. The molecule has 0 saturated carbocycles. The van der Waals surface area contributed by atoms with Gasteiger partial charge in [0.25, 0.3) is 11.3 Å². The van der Waals surface area contributed by atoms with Crippen LogP contribution in [-0.4, -0.2) is 30.6 Å². The average molecular weight is 269 g/mol. The van der Waals surface area contributed by atoms with Crippen molar-refractivity contribution in [3.8, 4) is 0 Å². The first-order chi connectivity index (χ1) is 8.60. The average Bonchev–Trinajstić information content (AvgIpc) is 2.68. The highest BCUT2D eigenvalue weighted by Crippen LogP contribution is 2.19. The van der Waals surface area contributed by atoms with Crippen LogP contribution in [0.25, 0.3) is 11.1 Å². The smallest absolute Gasteiger partial charge is 0.293 e. The fourth-order valence-electron chi connectivity index (χ4n) is 1.64. The predicted octanol–water partition coefficient (Wildman–Crippen LogP) is 2.25. The topological polar surface area (TPSA) is 64.4 Å². The third kappa shape index (κ3) is 2.80. The molecular weight excluding hydrogens is 256 g/mol. The molecule has 0 aliphatic carbocycles. The van der Waals surface area contributed by atoms with Crippen molar-refractivity contribution >= 4 is 28.6 Å². The molecule has 0 saturated heterocycles. The van der Waals surface area contributed by atoms with E-state index >= 15 is 0 Å². The monoisotopic (exact) mass is 268 g/mol. The third-order valence-electron chi connectivity index (χ3n) is 2.42. The number of fused-ring (bicyclic) bond motifs is 1.